The van der Waals surface area contributed by atoms with Crippen molar-refractivity contribution >= 4 is 11.8 Å². The first-order valence-corrected chi connectivity index (χ1v) is 7.93. The molecule has 132 valence electrons. The molecule has 1 aromatic carbocycles. The van der Waals surface area contributed by atoms with Gasteiger partial charge in [-0.15, -0.1) is 0 Å². The van der Waals surface area contributed by atoms with E-state index < -0.39 is 29.4 Å². The smallest absolute Gasteiger partial charge is 0.416 e. The number of likely N-dealkylation sites (tertiary alicyclic amines) is 1. The normalized spacial score (nSPS) is 17.5. The monoisotopic (exact) mass is 343 g/mol. The maximum atomic E-state index is 12.8. The van der Waals surface area contributed by atoms with Gasteiger partial charge in [-0.05, 0) is 38.1 Å². The summed E-state index contributed by atoms with van der Waals surface area (Å²) in [5.41, 5.74) is -0.992. The van der Waals surface area contributed by atoms with Gasteiger partial charge < -0.3 is 10.0 Å². The molecule has 7 heteroatoms. The van der Waals surface area contributed by atoms with E-state index in [0.29, 0.717) is 0 Å². The maximum absolute atomic E-state index is 12.8. The van der Waals surface area contributed by atoms with Crippen molar-refractivity contribution in [1.29, 1.82) is 0 Å². The molecular formula is C17H20F3NO3. The summed E-state index contributed by atoms with van der Waals surface area (Å²) in [6, 6.07) is 4.18. The largest absolute Gasteiger partial charge is 0.481 e. The van der Waals surface area contributed by atoms with Crippen molar-refractivity contribution in [2.75, 3.05) is 19.6 Å². The van der Waals surface area contributed by atoms with Gasteiger partial charge in [-0.3, -0.25) is 9.59 Å². The molecule has 0 radical (unpaired) electrons. The van der Waals surface area contributed by atoms with Crippen LogP contribution in [0.2, 0.25) is 0 Å². The van der Waals surface area contributed by atoms with Gasteiger partial charge in [-0.2, -0.15) is 13.2 Å². The zero-order valence-electron chi connectivity index (χ0n) is 13.2. The number of carboxylic acids is 1. The molecule has 1 unspecified atom stereocenters. The second kappa shape index (κ2) is 7.79. The Kier molecular flexibility index (Phi) is 5.99. The van der Waals surface area contributed by atoms with Crippen LogP contribution in [0.15, 0.2) is 24.3 Å². The molecule has 1 aliphatic rings. The molecule has 0 aromatic heterocycles. The average Bonchev–Trinajstić information content (AvgIpc) is 2.53. The molecule has 4 nitrogen and oxygen atoms in total. The Balaban J connectivity index is 2.18. The minimum absolute atomic E-state index is 0.0897. The van der Waals surface area contributed by atoms with Gasteiger partial charge in [-0.25, -0.2) is 0 Å². The predicted molar refractivity (Wildman–Crippen MR) is 81.8 cm³/mol. The third-order valence-electron chi connectivity index (χ3n) is 4.19. The molecule has 1 aromatic rings. The van der Waals surface area contributed by atoms with Crippen LogP contribution in [0.3, 0.4) is 0 Å². The van der Waals surface area contributed by atoms with Crippen LogP contribution < -0.4 is 0 Å². The molecule has 1 N–H and O–H groups in total. The van der Waals surface area contributed by atoms with Gasteiger partial charge in [0.1, 0.15) is 0 Å². The van der Waals surface area contributed by atoms with E-state index >= 15 is 0 Å². The van der Waals surface area contributed by atoms with E-state index in [9.17, 15) is 22.8 Å². The van der Waals surface area contributed by atoms with E-state index in [2.05, 4.69) is 0 Å². The Morgan fingerprint density at radius 3 is 2.42 bits per heavy atom. The summed E-state index contributed by atoms with van der Waals surface area (Å²) < 4.78 is 38.4. The van der Waals surface area contributed by atoms with Crippen LogP contribution >= 0.6 is 0 Å². The summed E-state index contributed by atoms with van der Waals surface area (Å²) in [6.07, 6.45) is -1.85. The molecule has 0 saturated carbocycles. The Morgan fingerprint density at radius 2 is 1.83 bits per heavy atom. The fraction of sp³-hybridized carbons (Fsp3) is 0.529. The topological polar surface area (TPSA) is 57.6 Å². The number of halogens is 3. The lowest BCUT2D eigenvalue weighted by atomic mass is 9.92. The Bertz CT molecular complexity index is 595. The number of carbonyl (C=O) groups is 2. The summed E-state index contributed by atoms with van der Waals surface area (Å²) >= 11 is 0. The van der Waals surface area contributed by atoms with Crippen molar-refractivity contribution in [1.82, 2.24) is 4.90 Å². The summed E-state index contributed by atoms with van der Waals surface area (Å²) in [4.78, 5) is 25.7. The third kappa shape index (κ3) is 5.06. The lowest BCUT2D eigenvalue weighted by Crippen LogP contribution is -2.37. The predicted octanol–water partition coefficient (Wildman–Crippen LogP) is 3.46. The average molecular weight is 343 g/mol. The first-order valence-electron chi connectivity index (χ1n) is 7.93. The van der Waals surface area contributed by atoms with Crippen LogP contribution in [0.5, 0.6) is 0 Å². The molecule has 1 aliphatic heterocycles. The highest BCUT2D eigenvalue weighted by atomic mass is 19.4. The second-order valence-electron chi connectivity index (χ2n) is 6.10. The van der Waals surface area contributed by atoms with Gasteiger partial charge in [0.25, 0.3) is 0 Å². The lowest BCUT2D eigenvalue weighted by Gasteiger charge is -2.29. The summed E-state index contributed by atoms with van der Waals surface area (Å²) in [5.74, 6) is -2.52. The Labute approximate surface area is 138 Å². The van der Waals surface area contributed by atoms with Crippen molar-refractivity contribution in [3.63, 3.8) is 0 Å². The zero-order chi connectivity index (χ0) is 17.7. The number of benzene rings is 1. The van der Waals surface area contributed by atoms with E-state index in [-0.39, 0.29) is 18.5 Å². The highest BCUT2D eigenvalue weighted by molar-refractivity contribution is 5.99. The quantitative estimate of drug-likeness (QED) is 0.804. The van der Waals surface area contributed by atoms with E-state index in [0.717, 1.165) is 44.5 Å². The van der Waals surface area contributed by atoms with E-state index in [4.69, 9.17) is 5.11 Å². The van der Waals surface area contributed by atoms with Gasteiger partial charge in [0.05, 0.1) is 12.0 Å². The Morgan fingerprint density at radius 1 is 1.17 bits per heavy atom. The number of carboxylic acid groups (broad SMARTS) is 1. The molecule has 0 bridgehead atoms. The molecule has 1 saturated heterocycles. The number of Topliss-reactive ketones (excluding diaryl/α,β-unsaturated/α-hetero) is 1. The molecule has 1 fully saturated rings. The van der Waals surface area contributed by atoms with Gasteiger partial charge in [0.2, 0.25) is 0 Å². The number of aliphatic carboxylic acids is 1. The second-order valence-corrected chi connectivity index (χ2v) is 6.10. The van der Waals surface area contributed by atoms with E-state index in [1.807, 2.05) is 4.90 Å². The highest BCUT2D eigenvalue weighted by Gasteiger charge is 2.32. The van der Waals surface area contributed by atoms with Gasteiger partial charge in [-0.1, -0.05) is 18.6 Å². The summed E-state index contributed by atoms with van der Waals surface area (Å²) in [5, 5.41) is 9.04. The standard InChI is InChI=1S/C17H20F3NO3/c18-17(19,20)14-6-4-5-12(9-14)16(24)13(10-15(22)23)11-21-7-2-1-3-8-21/h4-6,9,13H,1-3,7-8,10-11H2,(H,22,23). The number of nitrogens with zero attached hydrogens (tertiary/aromatic N) is 1. The fourth-order valence-corrected chi connectivity index (χ4v) is 2.99. The Hall–Kier alpha value is -1.89. The molecule has 1 heterocycles. The minimum atomic E-state index is -4.54. The molecule has 2 rings (SSSR count). The number of rotatable bonds is 6. The number of alkyl halides is 3. The molecule has 0 aliphatic carbocycles. The van der Waals surface area contributed by atoms with Crippen LogP contribution in [0.1, 0.15) is 41.6 Å². The van der Waals surface area contributed by atoms with Crippen molar-refractivity contribution in [2.24, 2.45) is 5.92 Å². The number of hydrogen-bond acceptors (Lipinski definition) is 3. The van der Waals surface area contributed by atoms with Gasteiger partial charge in [0, 0.05) is 18.0 Å². The summed E-state index contributed by atoms with van der Waals surface area (Å²) in [6.45, 7) is 1.83. The highest BCUT2D eigenvalue weighted by Crippen LogP contribution is 2.30. The van der Waals surface area contributed by atoms with Crippen molar-refractivity contribution < 1.29 is 27.9 Å². The molecule has 24 heavy (non-hydrogen) atoms. The third-order valence-corrected chi connectivity index (χ3v) is 4.19. The first kappa shape index (κ1) is 18.4. The fourth-order valence-electron chi connectivity index (χ4n) is 2.99. The number of carbonyl (C=O) groups excluding carboxylic acids is 1. The van der Waals surface area contributed by atoms with E-state index in [1.54, 1.807) is 0 Å². The van der Waals surface area contributed by atoms with Crippen molar-refractivity contribution in [2.45, 2.75) is 31.9 Å². The van der Waals surface area contributed by atoms with Gasteiger partial charge in [0.15, 0.2) is 5.78 Å². The molecular weight excluding hydrogens is 323 g/mol. The van der Waals surface area contributed by atoms with Gasteiger partial charge >= 0.3 is 12.1 Å². The molecule has 0 spiro atoms. The zero-order valence-corrected chi connectivity index (χ0v) is 13.2. The van der Waals surface area contributed by atoms with Crippen LogP contribution in [0.4, 0.5) is 13.2 Å². The molecule has 1 atom stereocenters. The summed E-state index contributed by atoms with van der Waals surface area (Å²) in [7, 11) is 0. The van der Waals surface area contributed by atoms with Crippen LogP contribution in [-0.2, 0) is 11.0 Å². The number of hydrogen-bond donors (Lipinski definition) is 1. The number of ketones is 1. The van der Waals surface area contributed by atoms with Crippen LogP contribution in [0.25, 0.3) is 0 Å². The first-order chi connectivity index (χ1) is 11.3. The lowest BCUT2D eigenvalue weighted by molar-refractivity contribution is -0.138. The van der Waals surface area contributed by atoms with Crippen LogP contribution in [0, 0.1) is 5.92 Å². The molecule has 0 amide bonds. The SMILES string of the molecule is O=C(O)CC(CN1CCCCC1)C(=O)c1cccc(C(F)(F)F)c1. The maximum Gasteiger partial charge on any atom is 0.416 e. The minimum Gasteiger partial charge on any atom is -0.481 e. The van der Waals surface area contributed by atoms with Crippen molar-refractivity contribution in [3.8, 4) is 0 Å². The number of piperidine rings is 1. The van der Waals surface area contributed by atoms with Crippen LogP contribution in [-0.4, -0.2) is 41.4 Å². The van der Waals surface area contributed by atoms with Crippen molar-refractivity contribution in [3.05, 3.63) is 35.4 Å². The van der Waals surface area contributed by atoms with E-state index in [1.165, 1.54) is 12.1 Å².